The summed E-state index contributed by atoms with van der Waals surface area (Å²) in [4.78, 5) is 1.44. The minimum Gasteiger partial charge on any atom is -0.469 e. The van der Waals surface area contributed by atoms with Crippen molar-refractivity contribution in [3.63, 3.8) is 0 Å². The van der Waals surface area contributed by atoms with Crippen LogP contribution >= 0.6 is 11.3 Å². The van der Waals surface area contributed by atoms with Gasteiger partial charge in [0.05, 0.1) is 6.26 Å². The second-order valence-electron chi connectivity index (χ2n) is 5.76. The van der Waals surface area contributed by atoms with Gasteiger partial charge >= 0.3 is 0 Å². The zero-order chi connectivity index (χ0) is 13.7. The summed E-state index contributed by atoms with van der Waals surface area (Å²) in [6.07, 6.45) is 3.85. The van der Waals surface area contributed by atoms with Gasteiger partial charge in [0, 0.05) is 29.3 Å². The first-order valence-electron chi connectivity index (χ1n) is 6.88. The molecule has 2 heterocycles. The van der Waals surface area contributed by atoms with Gasteiger partial charge in [-0.15, -0.1) is 11.3 Å². The summed E-state index contributed by atoms with van der Waals surface area (Å²) in [6, 6.07) is 8.85. The van der Waals surface area contributed by atoms with Crippen molar-refractivity contribution in [2.24, 2.45) is 0 Å². The standard InChI is InChI=1S/C16H23NOS/c1-13(8-9-14-6-4-10-18-14)17-12-16(2,3)15-7-5-11-19-15/h4-7,10-11,13,17H,8-9,12H2,1-3H3. The van der Waals surface area contributed by atoms with Crippen LogP contribution in [-0.4, -0.2) is 12.6 Å². The maximum atomic E-state index is 5.36. The van der Waals surface area contributed by atoms with E-state index in [1.807, 2.05) is 23.5 Å². The predicted octanol–water partition coefficient (Wildman–Crippen LogP) is 4.23. The Bertz CT molecular complexity index is 459. The molecule has 1 atom stereocenters. The van der Waals surface area contributed by atoms with E-state index in [1.54, 1.807) is 6.26 Å². The van der Waals surface area contributed by atoms with Crippen LogP contribution in [-0.2, 0) is 11.8 Å². The van der Waals surface area contributed by atoms with E-state index in [0.717, 1.165) is 25.1 Å². The average Bonchev–Trinajstić information content (AvgIpc) is 3.06. The van der Waals surface area contributed by atoms with Gasteiger partial charge in [0.1, 0.15) is 5.76 Å². The molecule has 19 heavy (non-hydrogen) atoms. The van der Waals surface area contributed by atoms with Gasteiger partial charge in [0.2, 0.25) is 0 Å². The largest absolute Gasteiger partial charge is 0.469 e. The summed E-state index contributed by atoms with van der Waals surface area (Å²) < 4.78 is 5.36. The minimum atomic E-state index is 0.201. The van der Waals surface area contributed by atoms with Crippen molar-refractivity contribution in [1.82, 2.24) is 5.32 Å². The first-order chi connectivity index (χ1) is 9.08. The Kier molecular flexibility index (Phi) is 4.83. The van der Waals surface area contributed by atoms with Crippen molar-refractivity contribution in [2.45, 2.75) is 45.1 Å². The maximum absolute atomic E-state index is 5.36. The van der Waals surface area contributed by atoms with Crippen LogP contribution in [0.4, 0.5) is 0 Å². The van der Waals surface area contributed by atoms with E-state index in [4.69, 9.17) is 4.42 Å². The molecule has 3 heteroatoms. The third-order valence-corrected chi connectivity index (χ3v) is 4.72. The Morgan fingerprint density at radius 1 is 1.32 bits per heavy atom. The van der Waals surface area contributed by atoms with E-state index in [9.17, 15) is 0 Å². The first-order valence-corrected chi connectivity index (χ1v) is 7.75. The molecular formula is C16H23NOS. The molecule has 104 valence electrons. The Labute approximate surface area is 119 Å². The summed E-state index contributed by atoms with van der Waals surface area (Å²) >= 11 is 1.84. The molecule has 0 amide bonds. The predicted molar refractivity (Wildman–Crippen MR) is 81.8 cm³/mol. The molecule has 0 radical (unpaired) electrons. The van der Waals surface area contributed by atoms with Gasteiger partial charge in [0.15, 0.2) is 0 Å². The molecule has 0 saturated heterocycles. The van der Waals surface area contributed by atoms with E-state index in [0.29, 0.717) is 6.04 Å². The van der Waals surface area contributed by atoms with Gasteiger partial charge in [-0.05, 0) is 36.9 Å². The Hall–Kier alpha value is -1.06. The molecule has 0 fully saturated rings. The fourth-order valence-electron chi connectivity index (χ4n) is 2.10. The molecule has 1 N–H and O–H groups in total. The van der Waals surface area contributed by atoms with Gasteiger partial charge < -0.3 is 9.73 Å². The molecule has 0 aromatic carbocycles. The third-order valence-electron chi connectivity index (χ3n) is 3.48. The molecule has 0 aliphatic carbocycles. The van der Waals surface area contributed by atoms with E-state index in [1.165, 1.54) is 4.88 Å². The minimum absolute atomic E-state index is 0.201. The molecule has 2 aromatic rings. The van der Waals surface area contributed by atoms with Gasteiger partial charge in [-0.2, -0.15) is 0 Å². The number of hydrogen-bond acceptors (Lipinski definition) is 3. The van der Waals surface area contributed by atoms with Crippen molar-refractivity contribution < 1.29 is 4.42 Å². The maximum Gasteiger partial charge on any atom is 0.103 e. The van der Waals surface area contributed by atoms with Gasteiger partial charge in [0.25, 0.3) is 0 Å². The molecule has 0 aliphatic heterocycles. The van der Waals surface area contributed by atoms with E-state index in [2.05, 4.69) is 43.6 Å². The van der Waals surface area contributed by atoms with Crippen LogP contribution in [0.5, 0.6) is 0 Å². The number of nitrogens with one attached hydrogen (secondary N) is 1. The Morgan fingerprint density at radius 2 is 2.16 bits per heavy atom. The van der Waals surface area contributed by atoms with Crippen LogP contribution in [0.3, 0.4) is 0 Å². The van der Waals surface area contributed by atoms with E-state index >= 15 is 0 Å². The van der Waals surface area contributed by atoms with Crippen LogP contribution in [0.15, 0.2) is 40.3 Å². The number of aryl methyl sites for hydroxylation is 1. The lowest BCUT2D eigenvalue weighted by molar-refractivity contribution is 0.410. The zero-order valence-electron chi connectivity index (χ0n) is 12.0. The molecule has 1 unspecified atom stereocenters. The SMILES string of the molecule is CC(CCc1ccco1)NCC(C)(C)c1cccs1. The van der Waals surface area contributed by atoms with Crippen LogP contribution in [0.1, 0.15) is 37.8 Å². The lowest BCUT2D eigenvalue weighted by Crippen LogP contribution is -2.37. The zero-order valence-corrected chi connectivity index (χ0v) is 12.8. The highest BCUT2D eigenvalue weighted by Gasteiger charge is 2.21. The molecule has 2 rings (SSSR count). The molecule has 2 nitrogen and oxygen atoms in total. The monoisotopic (exact) mass is 277 g/mol. The van der Waals surface area contributed by atoms with Crippen molar-refractivity contribution >= 4 is 11.3 Å². The van der Waals surface area contributed by atoms with Crippen LogP contribution in [0, 0.1) is 0 Å². The highest BCUT2D eigenvalue weighted by atomic mass is 32.1. The summed E-state index contributed by atoms with van der Waals surface area (Å²) in [5, 5.41) is 5.79. The summed E-state index contributed by atoms with van der Waals surface area (Å²) in [5.74, 6) is 1.08. The van der Waals surface area contributed by atoms with Gasteiger partial charge in [-0.25, -0.2) is 0 Å². The Balaban J connectivity index is 1.75. The highest BCUT2D eigenvalue weighted by Crippen LogP contribution is 2.26. The van der Waals surface area contributed by atoms with Crippen molar-refractivity contribution in [1.29, 1.82) is 0 Å². The van der Waals surface area contributed by atoms with Crippen molar-refractivity contribution in [2.75, 3.05) is 6.54 Å². The molecule has 0 spiro atoms. The lowest BCUT2D eigenvalue weighted by atomic mass is 9.91. The number of rotatable bonds is 7. The quantitative estimate of drug-likeness (QED) is 0.819. The van der Waals surface area contributed by atoms with Crippen molar-refractivity contribution in [3.8, 4) is 0 Å². The number of thiophene rings is 1. The topological polar surface area (TPSA) is 25.2 Å². The smallest absolute Gasteiger partial charge is 0.103 e. The highest BCUT2D eigenvalue weighted by molar-refractivity contribution is 7.10. The molecule has 0 bridgehead atoms. The Morgan fingerprint density at radius 3 is 2.79 bits per heavy atom. The molecule has 0 saturated carbocycles. The average molecular weight is 277 g/mol. The third kappa shape index (κ3) is 4.22. The molecular weight excluding hydrogens is 254 g/mol. The first kappa shape index (κ1) is 14.4. The second kappa shape index (κ2) is 6.40. The van der Waals surface area contributed by atoms with Crippen LogP contribution in [0.25, 0.3) is 0 Å². The van der Waals surface area contributed by atoms with Gasteiger partial charge in [-0.3, -0.25) is 0 Å². The molecule has 0 aliphatic rings. The lowest BCUT2D eigenvalue weighted by Gasteiger charge is -2.26. The number of hydrogen-bond donors (Lipinski definition) is 1. The fourth-order valence-corrected chi connectivity index (χ4v) is 2.95. The summed E-state index contributed by atoms with van der Waals surface area (Å²) in [7, 11) is 0. The fraction of sp³-hybridized carbons (Fsp3) is 0.500. The van der Waals surface area contributed by atoms with Crippen LogP contribution in [0.2, 0.25) is 0 Å². The van der Waals surface area contributed by atoms with Crippen molar-refractivity contribution in [3.05, 3.63) is 46.5 Å². The summed E-state index contributed by atoms with van der Waals surface area (Å²) in [6.45, 7) is 7.84. The summed E-state index contributed by atoms with van der Waals surface area (Å²) in [5.41, 5.74) is 0.201. The van der Waals surface area contributed by atoms with Gasteiger partial charge in [-0.1, -0.05) is 19.9 Å². The van der Waals surface area contributed by atoms with Crippen LogP contribution < -0.4 is 5.32 Å². The number of furan rings is 1. The molecule has 2 aromatic heterocycles. The second-order valence-corrected chi connectivity index (χ2v) is 6.71. The van der Waals surface area contributed by atoms with E-state index in [-0.39, 0.29) is 5.41 Å². The van der Waals surface area contributed by atoms with E-state index < -0.39 is 0 Å². The normalized spacial score (nSPS) is 13.6.